The van der Waals surface area contributed by atoms with Gasteiger partial charge >= 0.3 is 0 Å². The maximum Gasteiger partial charge on any atom is 0.259 e. The molecule has 2 aliphatic rings. The third-order valence-corrected chi connectivity index (χ3v) is 8.32. The second-order valence-corrected chi connectivity index (χ2v) is 11.2. The number of amidine groups is 2. The minimum Gasteiger partial charge on any atom is -0.496 e. The summed E-state index contributed by atoms with van der Waals surface area (Å²) >= 11 is 1.18. The highest BCUT2D eigenvalue weighted by Gasteiger charge is 2.41. The Hall–Kier alpha value is -4.84. The Morgan fingerprint density at radius 3 is 2.44 bits per heavy atom. The van der Waals surface area contributed by atoms with Crippen molar-refractivity contribution in [2.24, 2.45) is 9.98 Å². The van der Waals surface area contributed by atoms with Gasteiger partial charge in [-0.2, -0.15) is 0 Å². The first-order valence-electron chi connectivity index (χ1n) is 14.5. The highest BCUT2D eigenvalue weighted by Crippen LogP contribution is 2.34. The molecule has 2 N–H and O–H groups in total. The fourth-order valence-corrected chi connectivity index (χ4v) is 5.88. The van der Waals surface area contributed by atoms with E-state index in [1.54, 1.807) is 21.3 Å². The second-order valence-electron chi connectivity index (χ2n) is 10.3. The molecule has 2 heterocycles. The molecule has 3 aromatic carbocycles. The van der Waals surface area contributed by atoms with Crippen LogP contribution in [-0.4, -0.2) is 73.3 Å². The number of benzene rings is 3. The van der Waals surface area contributed by atoms with E-state index in [0.717, 1.165) is 16.7 Å². The lowest BCUT2D eigenvalue weighted by atomic mass is 10.1. The molecule has 234 valence electrons. The number of thioether (sulfide) groups is 1. The third-order valence-electron chi connectivity index (χ3n) is 7.38. The standard InChI is InChI=1S/C33H35N5O6S/c1-42-26-11-7-4-8-22(26)19-35-29(39)15-13-25-32(41)38-31(36-25)23-9-5-6-10-24(23)37-33(38)45-20-30(40)34-17-16-21-12-14-27(43-2)28(18-21)44-3/h4-12,14,18,25H,13,15-17,19-20H2,1-3H3,(H,34,40)(H,35,39)/t25-/m0/s1. The van der Waals surface area contributed by atoms with E-state index in [4.69, 9.17) is 19.2 Å². The highest BCUT2D eigenvalue weighted by molar-refractivity contribution is 8.14. The van der Waals surface area contributed by atoms with Crippen molar-refractivity contribution in [3.8, 4) is 17.2 Å². The Bertz CT molecular complexity index is 1640. The van der Waals surface area contributed by atoms with Gasteiger partial charge in [-0.25, -0.2) is 9.89 Å². The third kappa shape index (κ3) is 7.46. The van der Waals surface area contributed by atoms with E-state index in [0.29, 0.717) is 53.4 Å². The van der Waals surface area contributed by atoms with Crippen LogP contribution in [0.2, 0.25) is 0 Å². The van der Waals surface area contributed by atoms with Gasteiger partial charge in [0.2, 0.25) is 11.8 Å². The number of aliphatic imine (C=N–C) groups is 2. The number of carbonyl (C=O) groups is 3. The fraction of sp³-hybridized carbons (Fsp3) is 0.303. The summed E-state index contributed by atoms with van der Waals surface area (Å²) in [5.74, 6) is 1.89. The van der Waals surface area contributed by atoms with Gasteiger partial charge in [-0.1, -0.05) is 48.2 Å². The van der Waals surface area contributed by atoms with Crippen LogP contribution in [0.5, 0.6) is 17.2 Å². The molecule has 3 aromatic rings. The van der Waals surface area contributed by atoms with E-state index in [9.17, 15) is 14.4 Å². The first-order chi connectivity index (χ1) is 21.9. The Morgan fingerprint density at radius 2 is 1.64 bits per heavy atom. The predicted octanol–water partition coefficient (Wildman–Crippen LogP) is 3.86. The molecule has 0 bridgehead atoms. The largest absolute Gasteiger partial charge is 0.496 e. The van der Waals surface area contributed by atoms with Crippen molar-refractivity contribution in [1.82, 2.24) is 15.5 Å². The monoisotopic (exact) mass is 629 g/mol. The summed E-state index contributed by atoms with van der Waals surface area (Å²) < 4.78 is 16.0. The van der Waals surface area contributed by atoms with E-state index in [-0.39, 0.29) is 36.3 Å². The van der Waals surface area contributed by atoms with Crippen LogP contribution in [0.4, 0.5) is 5.69 Å². The van der Waals surface area contributed by atoms with Gasteiger partial charge in [0.1, 0.15) is 17.6 Å². The average molecular weight is 630 g/mol. The molecule has 0 radical (unpaired) electrons. The van der Waals surface area contributed by atoms with Gasteiger partial charge in [0.25, 0.3) is 5.91 Å². The number of ether oxygens (including phenoxy) is 3. The van der Waals surface area contributed by atoms with Crippen LogP contribution < -0.4 is 24.8 Å². The summed E-state index contributed by atoms with van der Waals surface area (Å²) in [5, 5.41) is 6.21. The van der Waals surface area contributed by atoms with E-state index < -0.39 is 6.04 Å². The molecular formula is C33H35N5O6S. The van der Waals surface area contributed by atoms with Gasteiger partial charge in [-0.15, -0.1) is 0 Å². The summed E-state index contributed by atoms with van der Waals surface area (Å²) in [6.45, 7) is 0.750. The van der Waals surface area contributed by atoms with E-state index in [1.165, 1.54) is 16.7 Å². The zero-order valence-corrected chi connectivity index (χ0v) is 26.2. The van der Waals surface area contributed by atoms with Gasteiger partial charge in [-0.3, -0.25) is 19.4 Å². The van der Waals surface area contributed by atoms with Crippen LogP contribution in [0.15, 0.2) is 76.7 Å². The Labute approximate surface area is 266 Å². The molecule has 0 unspecified atom stereocenters. The maximum atomic E-state index is 13.6. The summed E-state index contributed by atoms with van der Waals surface area (Å²) in [7, 11) is 4.75. The number of nitrogens with one attached hydrogen (secondary N) is 2. The minimum absolute atomic E-state index is 0.0695. The molecule has 2 aliphatic heterocycles. The molecule has 0 fully saturated rings. The van der Waals surface area contributed by atoms with Crippen LogP contribution in [-0.2, 0) is 27.3 Å². The first-order valence-corrected chi connectivity index (χ1v) is 15.5. The van der Waals surface area contributed by atoms with Crippen molar-refractivity contribution < 1.29 is 28.6 Å². The van der Waals surface area contributed by atoms with E-state index >= 15 is 0 Å². The number of rotatable bonds is 13. The summed E-state index contributed by atoms with van der Waals surface area (Å²) in [5.41, 5.74) is 3.27. The fourth-order valence-electron chi connectivity index (χ4n) is 5.05. The molecule has 11 nitrogen and oxygen atoms in total. The van der Waals surface area contributed by atoms with Crippen molar-refractivity contribution in [3.05, 3.63) is 83.4 Å². The van der Waals surface area contributed by atoms with Gasteiger partial charge in [0.05, 0.1) is 32.8 Å². The topological polar surface area (TPSA) is 131 Å². The lowest BCUT2D eigenvalue weighted by Gasteiger charge is -2.25. The Morgan fingerprint density at radius 1 is 0.889 bits per heavy atom. The SMILES string of the molecule is COc1ccccc1CNC(=O)CC[C@@H]1N=C2c3ccccc3N=C(SCC(=O)NCCc3ccc(OC)c(OC)c3)N2C1=O. The van der Waals surface area contributed by atoms with Crippen molar-refractivity contribution in [2.45, 2.75) is 31.8 Å². The number of fused-ring (bicyclic) bond motifs is 3. The zero-order chi connectivity index (χ0) is 31.8. The van der Waals surface area contributed by atoms with Crippen LogP contribution >= 0.6 is 11.8 Å². The normalized spacial score (nSPS) is 15.0. The molecule has 45 heavy (non-hydrogen) atoms. The molecule has 0 saturated carbocycles. The quantitative estimate of drug-likeness (QED) is 0.294. The number of amides is 3. The lowest BCUT2D eigenvalue weighted by Crippen LogP contribution is -2.42. The summed E-state index contributed by atoms with van der Waals surface area (Å²) in [6.07, 6.45) is 0.980. The smallest absolute Gasteiger partial charge is 0.259 e. The van der Waals surface area contributed by atoms with Crippen molar-refractivity contribution in [2.75, 3.05) is 33.6 Å². The molecule has 0 spiro atoms. The molecule has 1 atom stereocenters. The van der Waals surface area contributed by atoms with Gasteiger partial charge in [0, 0.05) is 30.6 Å². The molecule has 5 rings (SSSR count). The predicted molar refractivity (Wildman–Crippen MR) is 174 cm³/mol. The van der Waals surface area contributed by atoms with Gasteiger partial charge in [-0.05, 0) is 48.7 Å². The number of hydrogen-bond donors (Lipinski definition) is 2. The van der Waals surface area contributed by atoms with E-state index in [1.807, 2.05) is 66.7 Å². The van der Waals surface area contributed by atoms with Gasteiger partial charge in [0.15, 0.2) is 16.7 Å². The lowest BCUT2D eigenvalue weighted by molar-refractivity contribution is -0.125. The molecular weight excluding hydrogens is 594 g/mol. The maximum absolute atomic E-state index is 13.6. The number of nitrogens with zero attached hydrogens (tertiary/aromatic N) is 3. The van der Waals surface area contributed by atoms with Crippen LogP contribution in [0, 0.1) is 0 Å². The Balaban J connectivity index is 1.17. The molecule has 0 saturated heterocycles. The number of methoxy groups -OCH3 is 3. The number of carbonyl (C=O) groups excluding carboxylic acids is 3. The second kappa shape index (κ2) is 14.8. The van der Waals surface area contributed by atoms with Crippen LogP contribution in [0.25, 0.3) is 0 Å². The van der Waals surface area contributed by atoms with Gasteiger partial charge < -0.3 is 24.8 Å². The summed E-state index contributed by atoms with van der Waals surface area (Å²) in [6, 6.07) is 19.8. The highest BCUT2D eigenvalue weighted by atomic mass is 32.2. The van der Waals surface area contributed by atoms with Crippen molar-refractivity contribution in [3.63, 3.8) is 0 Å². The van der Waals surface area contributed by atoms with Crippen LogP contribution in [0.1, 0.15) is 29.5 Å². The zero-order valence-electron chi connectivity index (χ0n) is 25.4. The molecule has 0 aliphatic carbocycles. The molecule has 3 amide bonds. The van der Waals surface area contributed by atoms with E-state index in [2.05, 4.69) is 15.6 Å². The summed E-state index contributed by atoms with van der Waals surface area (Å²) in [4.78, 5) is 49.8. The number of para-hydroxylation sites is 2. The van der Waals surface area contributed by atoms with Crippen molar-refractivity contribution in [1.29, 1.82) is 0 Å². The average Bonchev–Trinajstić information content (AvgIpc) is 3.41. The minimum atomic E-state index is -0.732. The molecule has 0 aromatic heterocycles. The Kier molecular flexibility index (Phi) is 10.4. The van der Waals surface area contributed by atoms with Crippen molar-refractivity contribution >= 4 is 46.2 Å². The van der Waals surface area contributed by atoms with Crippen LogP contribution in [0.3, 0.4) is 0 Å². The first kappa shape index (κ1) is 31.6. The molecule has 12 heteroatoms. The number of hydrogen-bond acceptors (Lipinski definition) is 9.